The van der Waals surface area contributed by atoms with E-state index in [0.717, 1.165) is 83.5 Å². The van der Waals surface area contributed by atoms with Gasteiger partial charge >= 0.3 is 5.97 Å². The van der Waals surface area contributed by atoms with Gasteiger partial charge in [0.05, 0.1) is 25.4 Å². The first-order valence-electron chi connectivity index (χ1n) is 24.7. The molecule has 1 amide bonds. The lowest BCUT2D eigenvalue weighted by Gasteiger charge is -2.22. The molecule has 334 valence electrons. The van der Waals surface area contributed by atoms with Gasteiger partial charge in [0.1, 0.15) is 0 Å². The van der Waals surface area contributed by atoms with E-state index in [0.29, 0.717) is 25.9 Å². The average molecular weight is 802 g/mol. The number of nitrogens with one attached hydrogen (secondary N) is 1. The molecule has 57 heavy (non-hydrogen) atoms. The van der Waals surface area contributed by atoms with E-state index in [1.165, 1.54) is 135 Å². The topological polar surface area (TPSA) is 95.9 Å². The molecule has 2 unspecified atom stereocenters. The molecular formula is C51H95NO5. The minimum absolute atomic E-state index is 0.0496. The summed E-state index contributed by atoms with van der Waals surface area (Å²) in [5.41, 5.74) is 0. The lowest BCUT2D eigenvalue weighted by Crippen LogP contribution is -2.45. The first kappa shape index (κ1) is 55.1. The summed E-state index contributed by atoms with van der Waals surface area (Å²) in [4.78, 5) is 24.4. The van der Waals surface area contributed by atoms with Crippen molar-refractivity contribution in [1.29, 1.82) is 0 Å². The SMILES string of the molecule is CCCCCC/C=C\C/C=C\CCCCCCCC(=O)OCCCCCC/C=C\CCCC(=O)NC(CO)C(O)CCCCCCCCCCCCCCCCC. The standard InChI is InChI=1S/C51H95NO5/c1-3-5-7-9-11-13-15-17-19-21-23-25-29-33-37-41-45-51(56)57-46-42-38-34-30-26-28-32-36-40-44-50(55)52-48(47-53)49(54)43-39-35-31-27-24-22-20-18-16-14-12-10-8-6-4-2/h13,15,19,21,28,32,48-49,53-54H,3-12,14,16-18,20,22-27,29-31,33-47H2,1-2H3,(H,52,55)/b15-13-,21-19-,32-28-. The number of aliphatic hydroxyl groups is 2. The molecule has 0 fully saturated rings. The van der Waals surface area contributed by atoms with Crippen LogP contribution in [0.3, 0.4) is 0 Å². The smallest absolute Gasteiger partial charge is 0.305 e. The normalized spacial score (nSPS) is 13.0. The van der Waals surface area contributed by atoms with Crippen LogP contribution >= 0.6 is 0 Å². The zero-order chi connectivity index (χ0) is 41.5. The minimum atomic E-state index is -0.696. The van der Waals surface area contributed by atoms with Gasteiger partial charge in [-0.05, 0) is 77.0 Å². The summed E-state index contributed by atoms with van der Waals surface area (Å²) in [6.07, 6.45) is 55.4. The first-order valence-corrected chi connectivity index (χ1v) is 24.7. The Hall–Kier alpha value is -1.92. The van der Waals surface area contributed by atoms with E-state index < -0.39 is 12.1 Å². The van der Waals surface area contributed by atoms with Crippen LogP contribution in [0, 0.1) is 0 Å². The molecule has 0 heterocycles. The lowest BCUT2D eigenvalue weighted by atomic mass is 10.0. The van der Waals surface area contributed by atoms with Crippen LogP contribution in [-0.4, -0.2) is 47.4 Å². The van der Waals surface area contributed by atoms with Crippen LogP contribution in [-0.2, 0) is 14.3 Å². The Morgan fingerprint density at radius 3 is 1.40 bits per heavy atom. The van der Waals surface area contributed by atoms with E-state index in [1.54, 1.807) is 0 Å². The number of carbonyl (C=O) groups excluding carboxylic acids is 2. The van der Waals surface area contributed by atoms with Crippen LogP contribution in [0.15, 0.2) is 36.5 Å². The summed E-state index contributed by atoms with van der Waals surface area (Å²) >= 11 is 0. The average Bonchev–Trinajstić information content (AvgIpc) is 3.21. The number of hydrogen-bond acceptors (Lipinski definition) is 5. The maximum atomic E-state index is 12.4. The van der Waals surface area contributed by atoms with Gasteiger partial charge in [-0.1, -0.05) is 198 Å². The van der Waals surface area contributed by atoms with E-state index in [-0.39, 0.29) is 18.5 Å². The van der Waals surface area contributed by atoms with Gasteiger partial charge in [0, 0.05) is 12.8 Å². The molecule has 6 heteroatoms. The highest BCUT2D eigenvalue weighted by Crippen LogP contribution is 2.15. The molecule has 0 bridgehead atoms. The maximum absolute atomic E-state index is 12.4. The summed E-state index contributed by atoms with van der Waals surface area (Å²) in [7, 11) is 0. The van der Waals surface area contributed by atoms with Gasteiger partial charge in [-0.2, -0.15) is 0 Å². The number of carbonyl (C=O) groups is 2. The quantitative estimate of drug-likeness (QED) is 0.0324. The van der Waals surface area contributed by atoms with Crippen molar-refractivity contribution in [3.8, 4) is 0 Å². The fraction of sp³-hybridized carbons (Fsp3) is 0.843. The fourth-order valence-electron chi connectivity index (χ4n) is 7.32. The molecule has 0 aliphatic carbocycles. The molecule has 2 atom stereocenters. The molecule has 0 radical (unpaired) electrons. The minimum Gasteiger partial charge on any atom is -0.466 e. The molecule has 0 aromatic rings. The van der Waals surface area contributed by atoms with Crippen molar-refractivity contribution in [3.05, 3.63) is 36.5 Å². The molecule has 3 N–H and O–H groups in total. The van der Waals surface area contributed by atoms with E-state index in [9.17, 15) is 19.8 Å². The van der Waals surface area contributed by atoms with Crippen molar-refractivity contribution < 1.29 is 24.5 Å². The zero-order valence-electron chi connectivity index (χ0n) is 37.8. The Balaban J connectivity index is 3.56. The Kier molecular flexibility index (Phi) is 45.2. The largest absolute Gasteiger partial charge is 0.466 e. The van der Waals surface area contributed by atoms with Gasteiger partial charge in [-0.25, -0.2) is 0 Å². The predicted molar refractivity (Wildman–Crippen MR) is 246 cm³/mol. The van der Waals surface area contributed by atoms with Crippen molar-refractivity contribution in [3.63, 3.8) is 0 Å². The van der Waals surface area contributed by atoms with E-state index >= 15 is 0 Å². The molecule has 0 aliphatic rings. The van der Waals surface area contributed by atoms with E-state index in [2.05, 4.69) is 55.6 Å². The maximum Gasteiger partial charge on any atom is 0.305 e. The van der Waals surface area contributed by atoms with Crippen LogP contribution in [0.5, 0.6) is 0 Å². The molecular weight excluding hydrogens is 707 g/mol. The molecule has 0 aliphatic heterocycles. The van der Waals surface area contributed by atoms with Crippen molar-refractivity contribution in [2.45, 2.75) is 264 Å². The molecule has 0 aromatic carbocycles. The number of unbranched alkanes of at least 4 members (excludes halogenated alkanes) is 28. The first-order chi connectivity index (χ1) is 28.0. The molecule has 0 saturated heterocycles. The van der Waals surface area contributed by atoms with Crippen molar-refractivity contribution in [2.24, 2.45) is 0 Å². The Morgan fingerprint density at radius 2 is 0.895 bits per heavy atom. The van der Waals surface area contributed by atoms with Gasteiger partial charge in [0.25, 0.3) is 0 Å². The van der Waals surface area contributed by atoms with Crippen molar-refractivity contribution in [1.82, 2.24) is 5.32 Å². The second-order valence-corrected chi connectivity index (χ2v) is 16.8. The van der Waals surface area contributed by atoms with Crippen molar-refractivity contribution in [2.75, 3.05) is 13.2 Å². The molecule has 0 spiro atoms. The third-order valence-corrected chi connectivity index (χ3v) is 11.2. The molecule has 0 saturated carbocycles. The zero-order valence-corrected chi connectivity index (χ0v) is 37.8. The fourth-order valence-corrected chi connectivity index (χ4v) is 7.32. The molecule has 0 aromatic heterocycles. The van der Waals surface area contributed by atoms with Crippen LogP contribution < -0.4 is 5.32 Å². The van der Waals surface area contributed by atoms with Gasteiger partial charge in [0.2, 0.25) is 5.91 Å². The van der Waals surface area contributed by atoms with E-state index in [4.69, 9.17) is 4.74 Å². The summed E-state index contributed by atoms with van der Waals surface area (Å²) in [6, 6.07) is -0.580. The third kappa shape index (κ3) is 43.5. The summed E-state index contributed by atoms with van der Waals surface area (Å²) in [6.45, 7) is 4.83. The third-order valence-electron chi connectivity index (χ3n) is 11.2. The van der Waals surface area contributed by atoms with Gasteiger partial charge < -0.3 is 20.3 Å². The van der Waals surface area contributed by atoms with Crippen LogP contribution in [0.4, 0.5) is 0 Å². The highest BCUT2D eigenvalue weighted by atomic mass is 16.5. The molecule has 6 nitrogen and oxygen atoms in total. The number of aliphatic hydroxyl groups excluding tert-OH is 2. The van der Waals surface area contributed by atoms with Gasteiger partial charge in [0.15, 0.2) is 0 Å². The lowest BCUT2D eigenvalue weighted by molar-refractivity contribution is -0.143. The van der Waals surface area contributed by atoms with Crippen LogP contribution in [0.1, 0.15) is 251 Å². The Labute approximate surface area is 353 Å². The number of amides is 1. The number of rotatable bonds is 45. The predicted octanol–water partition coefficient (Wildman–Crippen LogP) is 14.5. The van der Waals surface area contributed by atoms with E-state index in [1.807, 2.05) is 0 Å². The molecule has 0 rings (SSSR count). The number of allylic oxidation sites excluding steroid dienone is 6. The Morgan fingerprint density at radius 1 is 0.491 bits per heavy atom. The highest BCUT2D eigenvalue weighted by molar-refractivity contribution is 5.76. The number of ether oxygens (including phenoxy) is 1. The van der Waals surface area contributed by atoms with Gasteiger partial charge in [-0.3, -0.25) is 9.59 Å². The highest BCUT2D eigenvalue weighted by Gasteiger charge is 2.20. The van der Waals surface area contributed by atoms with Crippen LogP contribution in [0.2, 0.25) is 0 Å². The number of hydrogen-bond donors (Lipinski definition) is 3. The van der Waals surface area contributed by atoms with Crippen molar-refractivity contribution >= 4 is 11.9 Å². The number of esters is 1. The van der Waals surface area contributed by atoms with Crippen LogP contribution in [0.25, 0.3) is 0 Å². The summed E-state index contributed by atoms with van der Waals surface area (Å²) in [5.74, 6) is -0.147. The van der Waals surface area contributed by atoms with Gasteiger partial charge in [-0.15, -0.1) is 0 Å². The second-order valence-electron chi connectivity index (χ2n) is 16.8. The summed E-state index contributed by atoms with van der Waals surface area (Å²) < 4.78 is 5.43. The summed E-state index contributed by atoms with van der Waals surface area (Å²) in [5, 5.41) is 23.1. The Bertz CT molecular complexity index is 931. The second kappa shape index (κ2) is 46.8. The monoisotopic (exact) mass is 802 g/mol.